The fourth-order valence-electron chi connectivity index (χ4n) is 1.93. The van der Waals surface area contributed by atoms with Gasteiger partial charge in [-0.2, -0.15) is 0 Å². The van der Waals surface area contributed by atoms with E-state index in [1.165, 1.54) is 5.56 Å². The quantitative estimate of drug-likeness (QED) is 0.744. The van der Waals surface area contributed by atoms with Crippen molar-refractivity contribution in [2.75, 3.05) is 19.6 Å². The number of pyridine rings is 1. The van der Waals surface area contributed by atoms with Crippen LogP contribution in [0.25, 0.3) is 0 Å². The van der Waals surface area contributed by atoms with Crippen LogP contribution in [-0.4, -0.2) is 35.3 Å². The number of aromatic nitrogens is 1. The molecule has 0 atom stereocenters. The molecule has 0 saturated carbocycles. The fourth-order valence-corrected chi connectivity index (χ4v) is 1.93. The minimum Gasteiger partial charge on any atom is -0.298 e. The maximum atomic E-state index is 11.2. The first-order valence-electron chi connectivity index (χ1n) is 5.47. The molecular formula is C12H16N2O. The van der Waals surface area contributed by atoms with Crippen molar-refractivity contribution in [1.82, 2.24) is 9.88 Å². The summed E-state index contributed by atoms with van der Waals surface area (Å²) in [5.74, 6) is 0.382. The van der Waals surface area contributed by atoms with Crippen LogP contribution >= 0.6 is 0 Å². The average Bonchev–Trinajstić information content (AvgIpc) is 2.28. The third kappa shape index (κ3) is 3.13. The summed E-state index contributed by atoms with van der Waals surface area (Å²) in [6, 6.07) is 4.04. The number of hydrogen-bond acceptors (Lipinski definition) is 3. The van der Waals surface area contributed by atoms with Gasteiger partial charge in [0.15, 0.2) is 0 Å². The van der Waals surface area contributed by atoms with E-state index in [-0.39, 0.29) is 0 Å². The van der Waals surface area contributed by atoms with E-state index in [4.69, 9.17) is 0 Å². The molecule has 2 heterocycles. The molecule has 1 aromatic heterocycles. The highest BCUT2D eigenvalue weighted by Crippen LogP contribution is 2.07. The first-order valence-corrected chi connectivity index (χ1v) is 5.47. The summed E-state index contributed by atoms with van der Waals surface area (Å²) in [4.78, 5) is 17.5. The molecule has 3 heteroatoms. The average molecular weight is 204 g/mol. The van der Waals surface area contributed by atoms with Crippen LogP contribution < -0.4 is 0 Å². The van der Waals surface area contributed by atoms with Crippen molar-refractivity contribution in [3.8, 4) is 0 Å². The number of rotatable bonds is 3. The van der Waals surface area contributed by atoms with Crippen molar-refractivity contribution in [2.45, 2.75) is 19.3 Å². The lowest BCUT2D eigenvalue weighted by molar-refractivity contribution is -0.122. The van der Waals surface area contributed by atoms with E-state index in [0.717, 1.165) is 32.4 Å². The minimum atomic E-state index is 0.382. The Morgan fingerprint density at radius 1 is 1.47 bits per heavy atom. The molecule has 1 aliphatic heterocycles. The zero-order valence-corrected chi connectivity index (χ0v) is 8.85. The van der Waals surface area contributed by atoms with Crippen molar-refractivity contribution >= 4 is 5.78 Å². The molecule has 0 N–H and O–H groups in total. The van der Waals surface area contributed by atoms with Crippen LogP contribution in [0.1, 0.15) is 18.4 Å². The Balaban J connectivity index is 1.80. The first kappa shape index (κ1) is 10.3. The van der Waals surface area contributed by atoms with Crippen LogP contribution in [0.2, 0.25) is 0 Å². The Morgan fingerprint density at radius 3 is 3.13 bits per heavy atom. The van der Waals surface area contributed by atoms with Gasteiger partial charge in [0.1, 0.15) is 5.78 Å². The minimum absolute atomic E-state index is 0.382. The Morgan fingerprint density at radius 2 is 2.40 bits per heavy atom. The zero-order chi connectivity index (χ0) is 10.5. The molecule has 0 aromatic carbocycles. The highest BCUT2D eigenvalue weighted by Gasteiger charge is 2.15. The van der Waals surface area contributed by atoms with Gasteiger partial charge in [-0.25, -0.2) is 0 Å². The molecule has 0 bridgehead atoms. The number of likely N-dealkylation sites (tertiary alicyclic amines) is 1. The molecule has 80 valence electrons. The number of nitrogens with zero attached hydrogens (tertiary/aromatic N) is 2. The van der Waals surface area contributed by atoms with Gasteiger partial charge in [0.05, 0.1) is 6.54 Å². The molecule has 0 radical (unpaired) electrons. The summed E-state index contributed by atoms with van der Waals surface area (Å²) in [5, 5.41) is 0. The van der Waals surface area contributed by atoms with Crippen molar-refractivity contribution < 1.29 is 4.79 Å². The zero-order valence-electron chi connectivity index (χ0n) is 8.85. The van der Waals surface area contributed by atoms with Gasteiger partial charge < -0.3 is 0 Å². The summed E-state index contributed by atoms with van der Waals surface area (Å²) < 4.78 is 0. The SMILES string of the molecule is O=C1CCCN(CCc2cccnc2)C1. The van der Waals surface area contributed by atoms with Crippen LogP contribution in [0.4, 0.5) is 0 Å². The van der Waals surface area contributed by atoms with E-state index in [9.17, 15) is 4.79 Å². The van der Waals surface area contributed by atoms with Crippen LogP contribution in [0.5, 0.6) is 0 Å². The molecule has 15 heavy (non-hydrogen) atoms. The number of carbonyl (C=O) groups is 1. The summed E-state index contributed by atoms with van der Waals surface area (Å²) >= 11 is 0. The van der Waals surface area contributed by atoms with Crippen molar-refractivity contribution in [3.63, 3.8) is 0 Å². The Labute approximate surface area is 90.1 Å². The predicted molar refractivity (Wildman–Crippen MR) is 58.6 cm³/mol. The third-order valence-electron chi connectivity index (χ3n) is 2.77. The molecule has 3 nitrogen and oxygen atoms in total. The largest absolute Gasteiger partial charge is 0.298 e. The topological polar surface area (TPSA) is 33.2 Å². The van der Waals surface area contributed by atoms with Gasteiger partial charge in [-0.1, -0.05) is 6.07 Å². The summed E-state index contributed by atoms with van der Waals surface area (Å²) in [6.45, 7) is 2.67. The molecule has 0 unspecified atom stereocenters. The lowest BCUT2D eigenvalue weighted by Crippen LogP contribution is -2.36. The summed E-state index contributed by atoms with van der Waals surface area (Å²) in [5.41, 5.74) is 1.25. The number of piperidine rings is 1. The van der Waals surface area contributed by atoms with Gasteiger partial charge in [0.2, 0.25) is 0 Å². The van der Waals surface area contributed by atoms with E-state index in [0.29, 0.717) is 12.3 Å². The van der Waals surface area contributed by atoms with Gasteiger partial charge in [-0.05, 0) is 31.0 Å². The molecule has 1 aromatic rings. The van der Waals surface area contributed by atoms with Crippen molar-refractivity contribution in [3.05, 3.63) is 30.1 Å². The second-order valence-corrected chi connectivity index (χ2v) is 4.03. The lowest BCUT2D eigenvalue weighted by Gasteiger charge is -2.25. The normalized spacial score (nSPS) is 18.0. The molecule has 1 saturated heterocycles. The van der Waals surface area contributed by atoms with Gasteiger partial charge in [0.25, 0.3) is 0 Å². The maximum Gasteiger partial charge on any atom is 0.146 e. The van der Waals surface area contributed by atoms with Gasteiger partial charge in [-0.15, -0.1) is 0 Å². The Kier molecular flexibility index (Phi) is 3.45. The van der Waals surface area contributed by atoms with Crippen LogP contribution in [0.3, 0.4) is 0 Å². The van der Waals surface area contributed by atoms with Crippen molar-refractivity contribution in [2.24, 2.45) is 0 Å². The van der Waals surface area contributed by atoms with Crippen LogP contribution in [0, 0.1) is 0 Å². The lowest BCUT2D eigenvalue weighted by atomic mass is 10.1. The van der Waals surface area contributed by atoms with E-state index in [1.54, 1.807) is 6.20 Å². The van der Waals surface area contributed by atoms with E-state index in [2.05, 4.69) is 16.0 Å². The number of Topliss-reactive ketones (excluding diaryl/α,β-unsaturated/α-hetero) is 1. The Hall–Kier alpha value is -1.22. The maximum absolute atomic E-state index is 11.2. The highest BCUT2D eigenvalue weighted by atomic mass is 16.1. The molecule has 2 rings (SSSR count). The van der Waals surface area contributed by atoms with E-state index >= 15 is 0 Å². The predicted octanol–water partition coefficient (Wildman–Crippen LogP) is 1.29. The smallest absolute Gasteiger partial charge is 0.146 e. The standard InChI is InChI=1S/C12H16N2O/c15-12-4-2-7-14(10-12)8-5-11-3-1-6-13-9-11/h1,3,6,9H,2,4-5,7-8,10H2. The van der Waals surface area contributed by atoms with E-state index in [1.807, 2.05) is 12.3 Å². The molecule has 1 aliphatic rings. The van der Waals surface area contributed by atoms with Crippen LogP contribution in [0.15, 0.2) is 24.5 Å². The van der Waals surface area contributed by atoms with Gasteiger partial charge >= 0.3 is 0 Å². The summed E-state index contributed by atoms with van der Waals surface area (Å²) in [7, 11) is 0. The van der Waals surface area contributed by atoms with Gasteiger partial charge in [0, 0.05) is 25.4 Å². The molecule has 0 amide bonds. The third-order valence-corrected chi connectivity index (χ3v) is 2.77. The number of carbonyl (C=O) groups excluding carboxylic acids is 1. The number of ketones is 1. The second kappa shape index (κ2) is 5.03. The number of hydrogen-bond donors (Lipinski definition) is 0. The Bertz CT molecular complexity index is 324. The summed E-state index contributed by atoms with van der Waals surface area (Å²) in [6.07, 6.45) is 6.45. The molecule has 1 fully saturated rings. The van der Waals surface area contributed by atoms with Crippen molar-refractivity contribution in [1.29, 1.82) is 0 Å². The van der Waals surface area contributed by atoms with Gasteiger partial charge in [-0.3, -0.25) is 14.7 Å². The molecule has 0 spiro atoms. The van der Waals surface area contributed by atoms with E-state index < -0.39 is 0 Å². The first-order chi connectivity index (χ1) is 7.34. The monoisotopic (exact) mass is 204 g/mol. The molecular weight excluding hydrogens is 188 g/mol. The fraction of sp³-hybridized carbons (Fsp3) is 0.500. The van der Waals surface area contributed by atoms with Crippen LogP contribution in [-0.2, 0) is 11.2 Å². The highest BCUT2D eigenvalue weighted by molar-refractivity contribution is 5.81. The molecule has 0 aliphatic carbocycles. The second-order valence-electron chi connectivity index (χ2n) is 4.03.